The first-order chi connectivity index (χ1) is 14.8. The standard InChI is InChI=1S/C24H22N4O3/c1-14-5-9-19(10-6-14)27-17(4)21(15(2)25-27)13-22-16(3)26-28(23(22)29)20-11-7-18(8-12-20)24(30)31/h5-13H,1-4H3,(H,30,31)/b22-13+. The largest absolute Gasteiger partial charge is 0.478 e. The van der Waals surface area contributed by atoms with E-state index < -0.39 is 5.97 Å². The lowest BCUT2D eigenvalue weighted by atomic mass is 10.1. The van der Waals surface area contributed by atoms with Crippen molar-refractivity contribution < 1.29 is 14.7 Å². The number of carboxylic acids is 1. The molecule has 1 aliphatic heterocycles. The molecular formula is C24H22N4O3. The number of amides is 1. The number of nitrogens with zero attached hydrogens (tertiary/aromatic N) is 4. The summed E-state index contributed by atoms with van der Waals surface area (Å²) in [5.41, 5.74) is 6.50. The summed E-state index contributed by atoms with van der Waals surface area (Å²) in [6.45, 7) is 7.71. The third kappa shape index (κ3) is 3.66. The van der Waals surface area contributed by atoms with Crippen LogP contribution in [-0.2, 0) is 4.79 Å². The maximum absolute atomic E-state index is 13.1. The Morgan fingerprint density at radius 2 is 1.55 bits per heavy atom. The number of aromatic carboxylic acids is 1. The lowest BCUT2D eigenvalue weighted by Gasteiger charge is -2.11. The molecule has 0 saturated heterocycles. The van der Waals surface area contributed by atoms with Crippen LogP contribution in [0.5, 0.6) is 0 Å². The molecule has 2 heterocycles. The second-order valence-corrected chi connectivity index (χ2v) is 7.54. The zero-order valence-electron chi connectivity index (χ0n) is 17.7. The Labute approximate surface area is 179 Å². The van der Waals surface area contributed by atoms with Crippen LogP contribution in [0.3, 0.4) is 0 Å². The summed E-state index contributed by atoms with van der Waals surface area (Å²) in [5, 5.41) is 19.4. The van der Waals surface area contributed by atoms with E-state index in [2.05, 4.69) is 10.2 Å². The molecule has 1 aliphatic rings. The van der Waals surface area contributed by atoms with Crippen LogP contribution in [0.25, 0.3) is 11.8 Å². The summed E-state index contributed by atoms with van der Waals surface area (Å²) >= 11 is 0. The highest BCUT2D eigenvalue weighted by Gasteiger charge is 2.29. The molecule has 0 fully saturated rings. The van der Waals surface area contributed by atoms with E-state index in [-0.39, 0.29) is 11.5 Å². The molecule has 7 nitrogen and oxygen atoms in total. The van der Waals surface area contributed by atoms with Gasteiger partial charge in [0.15, 0.2) is 0 Å². The topological polar surface area (TPSA) is 87.8 Å². The Kier molecular flexibility index (Phi) is 5.02. The summed E-state index contributed by atoms with van der Waals surface area (Å²) in [7, 11) is 0. The van der Waals surface area contributed by atoms with Crippen molar-refractivity contribution >= 4 is 29.4 Å². The number of aryl methyl sites for hydroxylation is 2. The summed E-state index contributed by atoms with van der Waals surface area (Å²) in [4.78, 5) is 24.1. The van der Waals surface area contributed by atoms with Crippen molar-refractivity contribution in [1.82, 2.24) is 9.78 Å². The quantitative estimate of drug-likeness (QED) is 0.645. The van der Waals surface area contributed by atoms with E-state index in [0.29, 0.717) is 17.0 Å². The van der Waals surface area contributed by atoms with Gasteiger partial charge in [0.1, 0.15) is 0 Å². The highest BCUT2D eigenvalue weighted by Crippen LogP contribution is 2.27. The van der Waals surface area contributed by atoms with Gasteiger partial charge in [0.05, 0.1) is 33.9 Å². The van der Waals surface area contributed by atoms with Gasteiger partial charge in [-0.2, -0.15) is 15.2 Å². The van der Waals surface area contributed by atoms with Crippen molar-refractivity contribution in [2.45, 2.75) is 27.7 Å². The normalized spacial score (nSPS) is 15.0. The van der Waals surface area contributed by atoms with Crippen LogP contribution in [0.15, 0.2) is 59.2 Å². The second kappa shape index (κ2) is 7.68. The molecule has 0 saturated carbocycles. The lowest BCUT2D eigenvalue weighted by Crippen LogP contribution is -2.21. The predicted molar refractivity (Wildman–Crippen MR) is 120 cm³/mol. The second-order valence-electron chi connectivity index (χ2n) is 7.54. The fourth-order valence-electron chi connectivity index (χ4n) is 3.55. The molecule has 1 amide bonds. The first-order valence-corrected chi connectivity index (χ1v) is 9.84. The number of rotatable bonds is 4. The van der Waals surface area contributed by atoms with Gasteiger partial charge in [0, 0.05) is 11.3 Å². The molecule has 0 unspecified atom stereocenters. The van der Waals surface area contributed by atoms with E-state index >= 15 is 0 Å². The maximum atomic E-state index is 13.1. The SMILES string of the molecule is CC1=NN(c2ccc(C(=O)O)cc2)C(=O)/C1=C/c1c(C)nn(-c2ccc(C)cc2)c1C. The first-order valence-electron chi connectivity index (χ1n) is 9.84. The van der Waals surface area contributed by atoms with E-state index in [1.807, 2.05) is 55.8 Å². The van der Waals surface area contributed by atoms with Crippen LogP contribution in [0.4, 0.5) is 5.69 Å². The number of carbonyl (C=O) groups excluding carboxylic acids is 1. The van der Waals surface area contributed by atoms with E-state index in [1.54, 1.807) is 19.1 Å². The fraction of sp³-hybridized carbons (Fsp3) is 0.167. The van der Waals surface area contributed by atoms with E-state index in [1.165, 1.54) is 22.7 Å². The average Bonchev–Trinajstić information content (AvgIpc) is 3.19. The number of benzene rings is 2. The Hall–Kier alpha value is -4.00. The molecule has 0 atom stereocenters. The van der Waals surface area contributed by atoms with Crippen molar-refractivity contribution in [1.29, 1.82) is 0 Å². The molecule has 0 bridgehead atoms. The maximum Gasteiger partial charge on any atom is 0.335 e. The molecule has 0 aliphatic carbocycles. The summed E-state index contributed by atoms with van der Waals surface area (Å²) in [6, 6.07) is 14.2. The number of hydrazone groups is 1. The molecule has 7 heteroatoms. The van der Waals surface area contributed by atoms with Gasteiger partial charge < -0.3 is 5.11 Å². The molecule has 31 heavy (non-hydrogen) atoms. The van der Waals surface area contributed by atoms with Crippen molar-refractivity contribution in [3.63, 3.8) is 0 Å². The summed E-state index contributed by atoms with van der Waals surface area (Å²) in [5.74, 6) is -1.28. The Bertz CT molecular complexity index is 1250. The molecule has 0 radical (unpaired) electrons. The first kappa shape index (κ1) is 20.3. The van der Waals surface area contributed by atoms with E-state index in [4.69, 9.17) is 5.11 Å². The number of anilines is 1. The predicted octanol–water partition coefficient (Wildman–Crippen LogP) is 4.30. The third-order valence-electron chi connectivity index (χ3n) is 5.34. The van der Waals surface area contributed by atoms with Gasteiger partial charge in [-0.3, -0.25) is 4.79 Å². The number of hydrogen-bond acceptors (Lipinski definition) is 4. The molecule has 0 spiro atoms. The number of carbonyl (C=O) groups is 2. The van der Waals surface area contributed by atoms with Gasteiger partial charge in [-0.25, -0.2) is 9.48 Å². The van der Waals surface area contributed by atoms with E-state index in [0.717, 1.165) is 22.6 Å². The van der Waals surface area contributed by atoms with Crippen LogP contribution in [-0.4, -0.2) is 32.5 Å². The minimum absolute atomic E-state index is 0.154. The Balaban J connectivity index is 1.68. The lowest BCUT2D eigenvalue weighted by molar-refractivity contribution is -0.114. The monoisotopic (exact) mass is 414 g/mol. The van der Waals surface area contributed by atoms with Crippen LogP contribution >= 0.6 is 0 Å². The molecule has 156 valence electrons. The van der Waals surface area contributed by atoms with Gasteiger partial charge in [-0.15, -0.1) is 0 Å². The zero-order chi connectivity index (χ0) is 22.3. The third-order valence-corrected chi connectivity index (χ3v) is 5.34. The van der Waals surface area contributed by atoms with Crippen molar-refractivity contribution in [2.75, 3.05) is 5.01 Å². The van der Waals surface area contributed by atoms with Gasteiger partial charge in [0.25, 0.3) is 5.91 Å². The van der Waals surface area contributed by atoms with Crippen molar-refractivity contribution in [2.24, 2.45) is 5.10 Å². The Morgan fingerprint density at radius 1 is 0.935 bits per heavy atom. The number of carboxylic acid groups (broad SMARTS) is 1. The van der Waals surface area contributed by atoms with Gasteiger partial charge >= 0.3 is 5.97 Å². The van der Waals surface area contributed by atoms with Gasteiger partial charge in [-0.05, 0) is 70.2 Å². The van der Waals surface area contributed by atoms with Crippen LogP contribution in [0.2, 0.25) is 0 Å². The van der Waals surface area contributed by atoms with Crippen molar-refractivity contribution in [3.05, 3.63) is 82.2 Å². The van der Waals surface area contributed by atoms with Crippen molar-refractivity contribution in [3.8, 4) is 5.69 Å². The average molecular weight is 414 g/mol. The zero-order valence-corrected chi connectivity index (χ0v) is 17.7. The van der Waals surface area contributed by atoms with Gasteiger partial charge in [0.2, 0.25) is 0 Å². The highest BCUT2D eigenvalue weighted by molar-refractivity contribution is 6.32. The smallest absolute Gasteiger partial charge is 0.335 e. The summed E-state index contributed by atoms with van der Waals surface area (Å²) in [6.07, 6.45) is 1.83. The minimum Gasteiger partial charge on any atom is -0.478 e. The fourth-order valence-corrected chi connectivity index (χ4v) is 3.55. The molecule has 2 aromatic carbocycles. The van der Waals surface area contributed by atoms with Gasteiger partial charge in [-0.1, -0.05) is 17.7 Å². The highest BCUT2D eigenvalue weighted by atomic mass is 16.4. The van der Waals surface area contributed by atoms with Crippen LogP contribution in [0, 0.1) is 20.8 Å². The van der Waals surface area contributed by atoms with Crippen LogP contribution in [0.1, 0.15) is 39.8 Å². The minimum atomic E-state index is -1.02. The Morgan fingerprint density at radius 3 is 2.16 bits per heavy atom. The number of hydrogen-bond donors (Lipinski definition) is 1. The molecule has 1 aromatic heterocycles. The van der Waals surface area contributed by atoms with E-state index in [9.17, 15) is 9.59 Å². The molecule has 3 aromatic rings. The number of aromatic nitrogens is 2. The molecular weight excluding hydrogens is 392 g/mol. The molecule has 4 rings (SSSR count). The molecule has 1 N–H and O–H groups in total. The summed E-state index contributed by atoms with van der Waals surface area (Å²) < 4.78 is 1.87. The van der Waals surface area contributed by atoms with Crippen LogP contribution < -0.4 is 5.01 Å².